The van der Waals surface area contributed by atoms with Gasteiger partial charge in [-0.15, -0.1) is 0 Å². The number of nitrogens with two attached hydrogens (primary N) is 1. The molecule has 0 unspecified atom stereocenters. The van der Waals surface area contributed by atoms with Gasteiger partial charge in [-0.3, -0.25) is 0 Å². The number of anilines is 3. The normalized spacial score (nSPS) is 9.70. The molecule has 3 aromatic rings. The topological polar surface area (TPSA) is 63.8 Å². The van der Waals surface area contributed by atoms with Crippen LogP contribution in [0.4, 0.5) is 17.2 Å². The fourth-order valence-electron chi connectivity index (χ4n) is 1.62. The average molecular weight is 368 g/mol. The quantitative estimate of drug-likeness (QED) is 0.467. The number of aromatic nitrogens is 2. The monoisotopic (exact) mass is 366 g/mol. The van der Waals surface area contributed by atoms with Gasteiger partial charge >= 0.3 is 0 Å². The molecule has 0 fully saturated rings. The third kappa shape index (κ3) is 6.32. The van der Waals surface area contributed by atoms with E-state index in [9.17, 15) is 0 Å². The molecule has 0 radical (unpaired) electrons. The van der Waals surface area contributed by atoms with Crippen LogP contribution in [0.2, 0.25) is 15.2 Å². The maximum Gasteiger partial charge on any atom is 0.135 e. The molecule has 0 atom stereocenters. The molecule has 1 aromatic heterocycles. The van der Waals surface area contributed by atoms with Crippen molar-refractivity contribution in [2.24, 2.45) is 0 Å². The minimum atomic E-state index is 0.398. The first-order valence-electron chi connectivity index (χ1n) is 6.54. The number of rotatable bonds is 2. The summed E-state index contributed by atoms with van der Waals surface area (Å²) in [6.45, 7) is 0. The Morgan fingerprint density at radius 2 is 1.52 bits per heavy atom. The van der Waals surface area contributed by atoms with Gasteiger partial charge in [0.1, 0.15) is 17.3 Å². The highest BCUT2D eigenvalue weighted by atomic mass is 35.5. The minimum Gasteiger partial charge on any atom is -0.399 e. The molecule has 0 aliphatic heterocycles. The fraction of sp³-hybridized carbons (Fsp3) is 0. The summed E-state index contributed by atoms with van der Waals surface area (Å²) >= 11 is 17.1. The summed E-state index contributed by atoms with van der Waals surface area (Å²) in [4.78, 5) is 7.80. The van der Waals surface area contributed by atoms with E-state index in [0.29, 0.717) is 26.7 Å². The van der Waals surface area contributed by atoms with Crippen molar-refractivity contribution in [2.45, 2.75) is 0 Å². The van der Waals surface area contributed by atoms with E-state index in [4.69, 9.17) is 40.5 Å². The van der Waals surface area contributed by atoms with Crippen LogP contribution in [0, 0.1) is 0 Å². The second-order valence-corrected chi connectivity index (χ2v) is 5.68. The highest BCUT2D eigenvalue weighted by molar-refractivity contribution is 6.31. The molecule has 3 N–H and O–H groups in total. The van der Waals surface area contributed by atoms with Crippen LogP contribution in [0.3, 0.4) is 0 Å². The van der Waals surface area contributed by atoms with Crippen LogP contribution in [-0.2, 0) is 0 Å². The van der Waals surface area contributed by atoms with Gasteiger partial charge in [-0.05, 0) is 36.4 Å². The largest absolute Gasteiger partial charge is 0.399 e. The molecule has 0 aliphatic rings. The molecule has 0 bridgehead atoms. The molecule has 0 spiro atoms. The predicted octanol–water partition coefficient (Wildman–Crippen LogP) is 5.45. The Labute approximate surface area is 149 Å². The van der Waals surface area contributed by atoms with Gasteiger partial charge in [0.15, 0.2) is 0 Å². The number of hydrogen-bond acceptors (Lipinski definition) is 4. The van der Waals surface area contributed by atoms with Crippen LogP contribution in [0.25, 0.3) is 0 Å². The average Bonchev–Trinajstić information content (AvgIpc) is 2.47. The number of halogens is 3. The van der Waals surface area contributed by atoms with Gasteiger partial charge in [-0.2, -0.15) is 0 Å². The highest BCUT2D eigenvalue weighted by Crippen LogP contribution is 2.19. The van der Waals surface area contributed by atoms with Crippen molar-refractivity contribution in [1.29, 1.82) is 0 Å². The van der Waals surface area contributed by atoms with Crippen molar-refractivity contribution in [3.8, 4) is 0 Å². The Balaban J connectivity index is 0.000000203. The Kier molecular flexibility index (Phi) is 6.47. The number of benzene rings is 2. The Morgan fingerprint density at radius 1 is 0.826 bits per heavy atom. The molecule has 118 valence electrons. The van der Waals surface area contributed by atoms with Gasteiger partial charge in [-0.1, -0.05) is 46.9 Å². The zero-order valence-electron chi connectivity index (χ0n) is 11.9. The van der Waals surface area contributed by atoms with Gasteiger partial charge in [0, 0.05) is 27.5 Å². The Bertz CT molecular complexity index is 720. The third-order valence-electron chi connectivity index (χ3n) is 2.58. The molecule has 4 nitrogen and oxygen atoms in total. The zero-order chi connectivity index (χ0) is 16.7. The summed E-state index contributed by atoms with van der Waals surface area (Å²) in [6, 6.07) is 16.1. The summed E-state index contributed by atoms with van der Waals surface area (Å²) in [5.74, 6) is 0.636. The number of nitrogen functional groups attached to an aromatic ring is 1. The summed E-state index contributed by atoms with van der Waals surface area (Å²) in [5.41, 5.74) is 6.94. The zero-order valence-corrected chi connectivity index (χ0v) is 14.1. The van der Waals surface area contributed by atoms with E-state index in [-0.39, 0.29) is 0 Å². The van der Waals surface area contributed by atoms with Crippen LogP contribution in [0.1, 0.15) is 0 Å². The van der Waals surface area contributed by atoms with E-state index in [1.165, 1.54) is 6.33 Å². The van der Waals surface area contributed by atoms with Crippen molar-refractivity contribution >= 4 is 52.0 Å². The van der Waals surface area contributed by atoms with Crippen LogP contribution < -0.4 is 11.1 Å². The van der Waals surface area contributed by atoms with Gasteiger partial charge in [-0.25, -0.2) is 9.97 Å². The molecule has 0 amide bonds. The smallest absolute Gasteiger partial charge is 0.135 e. The van der Waals surface area contributed by atoms with Crippen LogP contribution in [-0.4, -0.2) is 9.97 Å². The lowest BCUT2D eigenvalue weighted by Crippen LogP contribution is -1.93. The van der Waals surface area contributed by atoms with Gasteiger partial charge < -0.3 is 11.1 Å². The lowest BCUT2D eigenvalue weighted by Gasteiger charge is -2.04. The summed E-state index contributed by atoms with van der Waals surface area (Å²) < 4.78 is 0. The van der Waals surface area contributed by atoms with Gasteiger partial charge in [0.05, 0.1) is 0 Å². The van der Waals surface area contributed by atoms with Crippen molar-refractivity contribution in [1.82, 2.24) is 9.97 Å². The van der Waals surface area contributed by atoms with Crippen molar-refractivity contribution in [2.75, 3.05) is 11.1 Å². The molecular weight excluding hydrogens is 355 g/mol. The molecule has 3 rings (SSSR count). The Hall–Kier alpha value is -2.01. The lowest BCUT2D eigenvalue weighted by molar-refractivity contribution is 1.17. The molecule has 1 heterocycles. The van der Waals surface area contributed by atoms with E-state index in [0.717, 1.165) is 5.69 Å². The lowest BCUT2D eigenvalue weighted by atomic mass is 10.3. The van der Waals surface area contributed by atoms with Crippen LogP contribution >= 0.6 is 34.8 Å². The first kappa shape index (κ1) is 17.3. The van der Waals surface area contributed by atoms with E-state index in [1.807, 2.05) is 18.2 Å². The second-order valence-electron chi connectivity index (χ2n) is 4.42. The SMILES string of the molecule is Clc1cccc(Nc2cc(Cl)ncn2)c1.Nc1cccc(Cl)c1. The molecule has 0 aliphatic carbocycles. The maximum absolute atomic E-state index is 5.84. The standard InChI is InChI=1S/C10H7Cl2N3.C6H6ClN/c11-7-2-1-3-8(4-7)15-10-5-9(12)13-6-14-10;7-5-2-1-3-6(8)4-5/h1-6H,(H,13,14,15);1-4H,8H2. The Morgan fingerprint density at radius 3 is 2.09 bits per heavy atom. The summed E-state index contributed by atoms with van der Waals surface area (Å²) in [6.07, 6.45) is 1.40. The molecule has 2 aromatic carbocycles. The molecule has 23 heavy (non-hydrogen) atoms. The fourth-order valence-corrected chi connectivity index (χ4v) is 2.16. The first-order chi connectivity index (χ1) is 11.0. The first-order valence-corrected chi connectivity index (χ1v) is 7.67. The van der Waals surface area contributed by atoms with Crippen molar-refractivity contribution < 1.29 is 0 Å². The molecule has 0 saturated heterocycles. The number of nitrogens with zero attached hydrogens (tertiary/aromatic N) is 2. The molecule has 0 saturated carbocycles. The maximum atomic E-state index is 5.84. The van der Waals surface area contributed by atoms with Crippen molar-refractivity contribution in [3.63, 3.8) is 0 Å². The number of hydrogen-bond donors (Lipinski definition) is 2. The highest BCUT2D eigenvalue weighted by Gasteiger charge is 1.98. The van der Waals surface area contributed by atoms with E-state index < -0.39 is 0 Å². The van der Waals surface area contributed by atoms with E-state index in [1.54, 1.807) is 36.4 Å². The van der Waals surface area contributed by atoms with E-state index in [2.05, 4.69) is 15.3 Å². The minimum absolute atomic E-state index is 0.398. The van der Waals surface area contributed by atoms with Gasteiger partial charge in [0.25, 0.3) is 0 Å². The second kappa shape index (κ2) is 8.58. The third-order valence-corrected chi connectivity index (χ3v) is 3.26. The summed E-state index contributed by atoms with van der Waals surface area (Å²) in [5, 5.41) is 4.82. The predicted molar refractivity (Wildman–Crippen MR) is 97.6 cm³/mol. The van der Waals surface area contributed by atoms with E-state index >= 15 is 0 Å². The number of nitrogens with one attached hydrogen (secondary N) is 1. The molecule has 7 heteroatoms. The van der Waals surface area contributed by atoms with Crippen LogP contribution in [0.5, 0.6) is 0 Å². The van der Waals surface area contributed by atoms with Crippen LogP contribution in [0.15, 0.2) is 60.9 Å². The molecular formula is C16H13Cl3N4. The van der Waals surface area contributed by atoms with Crippen molar-refractivity contribution in [3.05, 3.63) is 76.1 Å². The van der Waals surface area contributed by atoms with Gasteiger partial charge in [0.2, 0.25) is 0 Å². The summed E-state index contributed by atoms with van der Waals surface area (Å²) in [7, 11) is 0.